The van der Waals surface area contributed by atoms with Gasteiger partial charge in [-0.05, 0) is 62.6 Å². The van der Waals surface area contributed by atoms with Crippen molar-refractivity contribution in [2.75, 3.05) is 25.6 Å². The molecular formula is C19H27N3O3. The quantitative estimate of drug-likeness (QED) is 0.711. The second-order valence-corrected chi connectivity index (χ2v) is 7.33. The average Bonchev–Trinajstić information content (AvgIpc) is 3.37. The van der Waals surface area contributed by atoms with Crippen LogP contribution in [-0.2, 0) is 4.74 Å². The van der Waals surface area contributed by atoms with E-state index in [9.17, 15) is 9.59 Å². The Labute approximate surface area is 148 Å². The maximum absolute atomic E-state index is 12.4. The maximum Gasteiger partial charge on any atom is 0.319 e. The third kappa shape index (κ3) is 4.51. The van der Waals surface area contributed by atoms with Crippen LogP contribution in [0.25, 0.3) is 0 Å². The van der Waals surface area contributed by atoms with E-state index in [-0.39, 0.29) is 17.5 Å². The minimum Gasteiger partial charge on any atom is -0.382 e. The number of urea groups is 1. The summed E-state index contributed by atoms with van der Waals surface area (Å²) < 4.78 is 5.23. The number of benzene rings is 1. The van der Waals surface area contributed by atoms with E-state index in [1.54, 1.807) is 19.2 Å². The largest absolute Gasteiger partial charge is 0.382 e. The zero-order chi connectivity index (χ0) is 17.9. The Morgan fingerprint density at radius 3 is 2.64 bits per heavy atom. The van der Waals surface area contributed by atoms with Gasteiger partial charge in [0.05, 0.1) is 12.1 Å². The number of nitrogens with one attached hydrogen (secondary N) is 3. The van der Waals surface area contributed by atoms with E-state index >= 15 is 0 Å². The van der Waals surface area contributed by atoms with Gasteiger partial charge in [-0.15, -0.1) is 0 Å². The predicted molar refractivity (Wildman–Crippen MR) is 96.8 cm³/mol. The topological polar surface area (TPSA) is 79.5 Å². The second-order valence-electron chi connectivity index (χ2n) is 7.33. The van der Waals surface area contributed by atoms with Crippen LogP contribution in [0.4, 0.5) is 10.5 Å². The Morgan fingerprint density at radius 2 is 2.04 bits per heavy atom. The van der Waals surface area contributed by atoms with Crippen LogP contribution >= 0.6 is 0 Å². The van der Waals surface area contributed by atoms with Crippen molar-refractivity contribution in [3.05, 3.63) is 29.3 Å². The molecule has 6 nitrogen and oxygen atoms in total. The molecule has 3 amide bonds. The van der Waals surface area contributed by atoms with E-state index in [2.05, 4.69) is 16.0 Å². The van der Waals surface area contributed by atoms with Crippen LogP contribution in [0.15, 0.2) is 18.2 Å². The molecular weight excluding hydrogens is 318 g/mol. The molecule has 0 atom stereocenters. The standard InChI is InChI=1S/C19H27N3O3/c1-13-4-7-15(17(23)20-11-14-5-6-14)10-16(13)21-18(24)22-19(12-25-2)8-3-9-19/h4,7,10,14H,3,5-6,8-9,11-12H2,1-2H3,(H,20,23)(H2,21,22,24). The first-order chi connectivity index (χ1) is 12.0. The van der Waals surface area contributed by atoms with Crippen molar-refractivity contribution in [1.82, 2.24) is 10.6 Å². The normalized spacial score (nSPS) is 18.2. The molecule has 1 aromatic carbocycles. The highest BCUT2D eigenvalue weighted by atomic mass is 16.5. The summed E-state index contributed by atoms with van der Waals surface area (Å²) in [7, 11) is 1.65. The fraction of sp³-hybridized carbons (Fsp3) is 0.579. The van der Waals surface area contributed by atoms with Gasteiger partial charge < -0.3 is 20.7 Å². The molecule has 25 heavy (non-hydrogen) atoms. The van der Waals surface area contributed by atoms with Gasteiger partial charge in [0.15, 0.2) is 0 Å². The van der Waals surface area contributed by atoms with Crippen molar-refractivity contribution >= 4 is 17.6 Å². The number of ether oxygens (including phenoxy) is 1. The molecule has 6 heteroatoms. The number of hydrogen-bond acceptors (Lipinski definition) is 3. The molecule has 3 rings (SSSR count). The van der Waals surface area contributed by atoms with E-state index in [1.165, 1.54) is 12.8 Å². The van der Waals surface area contributed by atoms with E-state index in [4.69, 9.17) is 4.74 Å². The fourth-order valence-corrected chi connectivity index (χ4v) is 3.14. The number of anilines is 1. The summed E-state index contributed by atoms with van der Waals surface area (Å²) in [5, 5.41) is 8.86. The highest BCUT2D eigenvalue weighted by Gasteiger charge is 2.38. The van der Waals surface area contributed by atoms with Crippen LogP contribution in [0.5, 0.6) is 0 Å². The number of amides is 3. The molecule has 0 unspecified atom stereocenters. The summed E-state index contributed by atoms with van der Waals surface area (Å²) in [4.78, 5) is 24.6. The van der Waals surface area contributed by atoms with Crippen LogP contribution in [0.3, 0.4) is 0 Å². The third-order valence-electron chi connectivity index (χ3n) is 5.11. The minimum atomic E-state index is -0.258. The summed E-state index contributed by atoms with van der Waals surface area (Å²) >= 11 is 0. The van der Waals surface area contributed by atoms with E-state index < -0.39 is 0 Å². The van der Waals surface area contributed by atoms with Gasteiger partial charge in [0.25, 0.3) is 5.91 Å². The van der Waals surface area contributed by atoms with Crippen molar-refractivity contribution in [2.45, 2.75) is 44.6 Å². The molecule has 2 fully saturated rings. The SMILES string of the molecule is COCC1(NC(=O)Nc2cc(C(=O)NCC3CC3)ccc2C)CCC1. The van der Waals surface area contributed by atoms with Crippen molar-refractivity contribution in [2.24, 2.45) is 5.92 Å². The molecule has 136 valence electrons. The van der Waals surface area contributed by atoms with Crippen molar-refractivity contribution < 1.29 is 14.3 Å². The molecule has 1 aromatic rings. The molecule has 2 aliphatic carbocycles. The lowest BCUT2D eigenvalue weighted by atomic mass is 9.77. The number of carbonyl (C=O) groups is 2. The zero-order valence-corrected chi connectivity index (χ0v) is 15.0. The first kappa shape index (κ1) is 17.7. The lowest BCUT2D eigenvalue weighted by Crippen LogP contribution is -2.57. The molecule has 0 aliphatic heterocycles. The second kappa shape index (κ2) is 7.44. The van der Waals surface area contributed by atoms with Crippen molar-refractivity contribution in [3.63, 3.8) is 0 Å². The zero-order valence-electron chi connectivity index (χ0n) is 15.0. The summed E-state index contributed by atoms with van der Waals surface area (Å²) in [6.07, 6.45) is 5.35. The molecule has 3 N–H and O–H groups in total. The molecule has 0 bridgehead atoms. The van der Waals surface area contributed by atoms with E-state index in [1.807, 2.05) is 13.0 Å². The monoisotopic (exact) mass is 345 g/mol. The first-order valence-electron chi connectivity index (χ1n) is 8.98. The van der Waals surface area contributed by atoms with Crippen LogP contribution in [0, 0.1) is 12.8 Å². The van der Waals surface area contributed by atoms with Gasteiger partial charge in [0.2, 0.25) is 0 Å². The van der Waals surface area contributed by atoms with Gasteiger partial charge in [0, 0.05) is 24.9 Å². The highest BCUT2D eigenvalue weighted by molar-refractivity contribution is 5.97. The number of rotatable bonds is 7. The molecule has 0 aromatic heterocycles. The van der Waals surface area contributed by atoms with Gasteiger partial charge in [0.1, 0.15) is 0 Å². The van der Waals surface area contributed by atoms with Crippen LogP contribution in [0.2, 0.25) is 0 Å². The number of aryl methyl sites for hydroxylation is 1. The van der Waals surface area contributed by atoms with Gasteiger partial charge in [-0.1, -0.05) is 6.07 Å². The Kier molecular flexibility index (Phi) is 5.27. The predicted octanol–water partition coefficient (Wildman–Crippen LogP) is 2.83. The summed E-state index contributed by atoms with van der Waals surface area (Å²) in [6, 6.07) is 5.13. The summed E-state index contributed by atoms with van der Waals surface area (Å²) in [5.41, 5.74) is 1.88. The van der Waals surface area contributed by atoms with Crippen molar-refractivity contribution in [1.29, 1.82) is 0 Å². The minimum absolute atomic E-state index is 0.0924. The van der Waals surface area contributed by atoms with E-state index in [0.717, 1.165) is 31.4 Å². The average molecular weight is 345 g/mol. The molecule has 0 saturated heterocycles. The lowest BCUT2D eigenvalue weighted by molar-refractivity contribution is 0.0648. The summed E-state index contributed by atoms with van der Waals surface area (Å²) in [5.74, 6) is 0.544. The number of hydrogen-bond donors (Lipinski definition) is 3. The van der Waals surface area contributed by atoms with Crippen molar-refractivity contribution in [3.8, 4) is 0 Å². The van der Waals surface area contributed by atoms with Gasteiger partial charge in [-0.2, -0.15) is 0 Å². The van der Waals surface area contributed by atoms with Gasteiger partial charge in [-0.25, -0.2) is 4.79 Å². The van der Waals surface area contributed by atoms with E-state index in [0.29, 0.717) is 23.8 Å². The molecule has 2 aliphatic rings. The number of methoxy groups -OCH3 is 1. The Balaban J connectivity index is 1.61. The fourth-order valence-electron chi connectivity index (χ4n) is 3.14. The smallest absolute Gasteiger partial charge is 0.319 e. The Morgan fingerprint density at radius 1 is 1.28 bits per heavy atom. The highest BCUT2D eigenvalue weighted by Crippen LogP contribution is 2.32. The molecule has 0 radical (unpaired) electrons. The summed E-state index contributed by atoms with van der Waals surface area (Å²) in [6.45, 7) is 3.16. The first-order valence-corrected chi connectivity index (χ1v) is 8.98. The molecule has 0 heterocycles. The molecule has 0 spiro atoms. The van der Waals surface area contributed by atoms with Crippen LogP contribution < -0.4 is 16.0 Å². The maximum atomic E-state index is 12.4. The van der Waals surface area contributed by atoms with Gasteiger partial charge in [-0.3, -0.25) is 4.79 Å². The van der Waals surface area contributed by atoms with Crippen LogP contribution in [0.1, 0.15) is 48.0 Å². The third-order valence-corrected chi connectivity index (χ3v) is 5.11. The number of carbonyl (C=O) groups excluding carboxylic acids is 2. The lowest BCUT2D eigenvalue weighted by Gasteiger charge is -2.41. The Bertz CT molecular complexity index is 651. The van der Waals surface area contributed by atoms with Crippen LogP contribution in [-0.4, -0.2) is 37.7 Å². The molecule has 2 saturated carbocycles. The van der Waals surface area contributed by atoms with Gasteiger partial charge >= 0.3 is 6.03 Å². The Hall–Kier alpha value is -2.08.